The first-order chi connectivity index (χ1) is 15.1. The molecular weight excluding hydrogens is 388 g/mol. The average molecular weight is 417 g/mol. The van der Waals surface area contributed by atoms with Crippen molar-refractivity contribution in [2.45, 2.75) is 6.42 Å². The number of benzene rings is 3. The van der Waals surface area contributed by atoms with Crippen molar-refractivity contribution in [2.24, 2.45) is 0 Å². The van der Waals surface area contributed by atoms with Gasteiger partial charge in [0, 0.05) is 44.1 Å². The van der Waals surface area contributed by atoms with Crippen LogP contribution in [-0.4, -0.2) is 57.8 Å². The third-order valence-electron chi connectivity index (χ3n) is 6.41. The molecule has 6 heteroatoms. The minimum Gasteiger partial charge on any atom is -0.495 e. The molecule has 2 amide bonds. The second-order valence-electron chi connectivity index (χ2n) is 8.29. The van der Waals surface area contributed by atoms with Crippen molar-refractivity contribution in [3.63, 3.8) is 0 Å². The van der Waals surface area contributed by atoms with Crippen molar-refractivity contribution in [3.8, 4) is 5.75 Å². The van der Waals surface area contributed by atoms with Crippen LogP contribution in [0.2, 0.25) is 0 Å². The van der Waals surface area contributed by atoms with Gasteiger partial charge in [0.1, 0.15) is 5.75 Å². The number of likely N-dealkylation sites (N-methyl/N-ethyl adjacent to an activating group) is 1. The summed E-state index contributed by atoms with van der Waals surface area (Å²) in [7, 11) is 3.83. The number of methoxy groups -OCH3 is 1. The van der Waals surface area contributed by atoms with E-state index in [1.165, 1.54) is 16.3 Å². The number of hydrogen-bond acceptors (Lipinski definition) is 4. The number of rotatable bonds is 3. The van der Waals surface area contributed by atoms with E-state index in [-0.39, 0.29) is 6.03 Å². The molecule has 3 aromatic carbocycles. The number of piperazine rings is 1. The Hall–Kier alpha value is -3.25. The normalized spacial score (nSPS) is 16.5. The zero-order valence-corrected chi connectivity index (χ0v) is 18.1. The molecule has 1 fully saturated rings. The number of ether oxygens (including phenoxy) is 1. The fourth-order valence-electron chi connectivity index (χ4n) is 4.65. The fraction of sp³-hybridized carbons (Fsp3) is 0.320. The third-order valence-corrected chi connectivity index (χ3v) is 6.41. The molecule has 1 N–H and O–H groups in total. The van der Waals surface area contributed by atoms with E-state index >= 15 is 0 Å². The molecule has 0 atom stereocenters. The maximum atomic E-state index is 13.2. The second kappa shape index (κ2) is 8.12. The number of carbonyl (C=O) groups excluding carboxylic acids is 1. The summed E-state index contributed by atoms with van der Waals surface area (Å²) in [4.78, 5) is 19.7. The Kier molecular flexibility index (Phi) is 5.16. The van der Waals surface area contributed by atoms with Crippen LogP contribution in [0.25, 0.3) is 10.8 Å². The molecule has 2 aliphatic heterocycles. The van der Waals surface area contributed by atoms with Gasteiger partial charge in [-0.05, 0) is 54.1 Å². The molecule has 0 spiro atoms. The van der Waals surface area contributed by atoms with Gasteiger partial charge in [0.2, 0.25) is 0 Å². The van der Waals surface area contributed by atoms with Crippen molar-refractivity contribution in [1.29, 1.82) is 0 Å². The molecule has 0 bridgehead atoms. The topological polar surface area (TPSA) is 48.1 Å². The maximum Gasteiger partial charge on any atom is 0.326 e. The Morgan fingerprint density at radius 2 is 1.74 bits per heavy atom. The number of urea groups is 1. The molecule has 0 unspecified atom stereocenters. The molecule has 5 rings (SSSR count). The quantitative estimate of drug-likeness (QED) is 0.695. The SMILES string of the molecule is COc1ccc(NC(=O)N2CCc3c2ccc2ccccc32)cc1N1CCN(C)CC1. The average Bonchev–Trinajstić information content (AvgIpc) is 3.24. The molecule has 3 aromatic rings. The Balaban J connectivity index is 1.38. The second-order valence-corrected chi connectivity index (χ2v) is 8.29. The fourth-order valence-corrected chi connectivity index (χ4v) is 4.65. The Morgan fingerprint density at radius 1 is 0.935 bits per heavy atom. The minimum atomic E-state index is -0.0940. The number of nitrogens with zero attached hydrogens (tertiary/aromatic N) is 3. The maximum absolute atomic E-state index is 13.2. The van der Waals surface area contributed by atoms with E-state index in [0.29, 0.717) is 6.54 Å². The van der Waals surface area contributed by atoms with Gasteiger partial charge in [0.05, 0.1) is 12.8 Å². The summed E-state index contributed by atoms with van der Waals surface area (Å²) in [5.74, 6) is 0.834. The van der Waals surface area contributed by atoms with Crippen molar-refractivity contribution < 1.29 is 9.53 Å². The summed E-state index contributed by atoms with van der Waals surface area (Å²) >= 11 is 0. The standard InChI is InChI=1S/C25H28N4O2/c1-27-13-15-28(16-14-27)23-17-19(8-10-24(23)31-2)26-25(30)29-12-11-21-20-6-4-3-5-18(20)7-9-22(21)29/h3-10,17H,11-16H2,1-2H3,(H,26,30). The predicted octanol–water partition coefficient (Wildman–Crippen LogP) is 4.19. The van der Waals surface area contributed by atoms with Crippen LogP contribution in [0.15, 0.2) is 54.6 Å². The van der Waals surface area contributed by atoms with E-state index in [1.54, 1.807) is 7.11 Å². The molecular formula is C25H28N4O2. The highest BCUT2D eigenvalue weighted by atomic mass is 16.5. The van der Waals surface area contributed by atoms with E-state index in [9.17, 15) is 4.79 Å². The van der Waals surface area contributed by atoms with Crippen LogP contribution in [0, 0.1) is 0 Å². The summed E-state index contributed by atoms with van der Waals surface area (Å²) in [5.41, 5.74) is 4.07. The molecule has 0 saturated carbocycles. The number of amides is 2. The first-order valence-electron chi connectivity index (χ1n) is 10.8. The van der Waals surface area contributed by atoms with Gasteiger partial charge in [-0.15, -0.1) is 0 Å². The van der Waals surface area contributed by atoms with Gasteiger partial charge in [-0.3, -0.25) is 4.90 Å². The first kappa shape index (κ1) is 19.7. The monoisotopic (exact) mass is 416 g/mol. The third kappa shape index (κ3) is 3.68. The van der Waals surface area contributed by atoms with Crippen molar-refractivity contribution >= 4 is 33.9 Å². The van der Waals surface area contributed by atoms with E-state index in [4.69, 9.17) is 4.74 Å². The van der Waals surface area contributed by atoms with E-state index < -0.39 is 0 Å². The van der Waals surface area contributed by atoms with Crippen LogP contribution in [0.5, 0.6) is 5.75 Å². The lowest BCUT2D eigenvalue weighted by atomic mass is 10.0. The number of nitrogens with one attached hydrogen (secondary N) is 1. The zero-order chi connectivity index (χ0) is 21.4. The molecule has 0 aliphatic carbocycles. The van der Waals surface area contributed by atoms with Gasteiger partial charge in [0.25, 0.3) is 0 Å². The van der Waals surface area contributed by atoms with Gasteiger partial charge < -0.3 is 19.9 Å². The van der Waals surface area contributed by atoms with Crippen molar-refractivity contribution in [1.82, 2.24) is 4.90 Å². The lowest BCUT2D eigenvalue weighted by Gasteiger charge is -2.35. The van der Waals surface area contributed by atoms with Crippen molar-refractivity contribution in [3.05, 3.63) is 60.2 Å². The first-order valence-corrected chi connectivity index (χ1v) is 10.8. The number of fused-ring (bicyclic) bond motifs is 3. The van der Waals surface area contributed by atoms with Gasteiger partial charge >= 0.3 is 6.03 Å². The van der Waals surface area contributed by atoms with Crippen LogP contribution in [0.4, 0.5) is 21.9 Å². The van der Waals surface area contributed by atoms with Gasteiger partial charge in [0.15, 0.2) is 0 Å². The van der Waals surface area contributed by atoms with E-state index in [2.05, 4.69) is 58.6 Å². The predicted molar refractivity (Wildman–Crippen MR) is 127 cm³/mol. The smallest absolute Gasteiger partial charge is 0.326 e. The zero-order valence-electron chi connectivity index (χ0n) is 18.1. The van der Waals surface area contributed by atoms with Crippen molar-refractivity contribution in [2.75, 3.05) is 62.0 Å². The highest BCUT2D eigenvalue weighted by Crippen LogP contribution is 2.36. The summed E-state index contributed by atoms with van der Waals surface area (Å²) in [6.07, 6.45) is 0.874. The summed E-state index contributed by atoms with van der Waals surface area (Å²) < 4.78 is 5.59. The highest BCUT2D eigenvalue weighted by Gasteiger charge is 2.26. The van der Waals surface area contributed by atoms with E-state index in [1.807, 2.05) is 23.1 Å². The Labute approximate surface area is 183 Å². The van der Waals surface area contributed by atoms with Crippen LogP contribution in [0.1, 0.15) is 5.56 Å². The summed E-state index contributed by atoms with van der Waals surface area (Å²) in [6.45, 7) is 4.60. The molecule has 2 aliphatic rings. The molecule has 2 heterocycles. The van der Waals surface area contributed by atoms with Gasteiger partial charge in [-0.1, -0.05) is 30.3 Å². The summed E-state index contributed by atoms with van der Waals surface area (Å²) in [6, 6.07) is 18.3. The molecule has 0 aromatic heterocycles. The van der Waals surface area contributed by atoms with Gasteiger partial charge in [-0.2, -0.15) is 0 Å². The van der Waals surface area contributed by atoms with Crippen LogP contribution in [-0.2, 0) is 6.42 Å². The molecule has 31 heavy (non-hydrogen) atoms. The Morgan fingerprint density at radius 3 is 2.55 bits per heavy atom. The number of anilines is 3. The van der Waals surface area contributed by atoms with Crippen LogP contribution in [0.3, 0.4) is 0 Å². The summed E-state index contributed by atoms with van der Waals surface area (Å²) in [5, 5.41) is 5.56. The van der Waals surface area contributed by atoms with Crippen LogP contribution >= 0.6 is 0 Å². The largest absolute Gasteiger partial charge is 0.495 e. The highest BCUT2D eigenvalue weighted by molar-refractivity contribution is 6.06. The lowest BCUT2D eigenvalue weighted by molar-refractivity contribution is 0.257. The molecule has 6 nitrogen and oxygen atoms in total. The molecule has 1 saturated heterocycles. The Bertz CT molecular complexity index is 1120. The minimum absolute atomic E-state index is 0.0940. The number of carbonyl (C=O) groups is 1. The molecule has 160 valence electrons. The lowest BCUT2D eigenvalue weighted by Crippen LogP contribution is -2.44. The molecule has 0 radical (unpaired) electrons. The van der Waals surface area contributed by atoms with Crippen LogP contribution < -0.4 is 19.9 Å². The van der Waals surface area contributed by atoms with E-state index in [0.717, 1.165) is 55.4 Å². The van der Waals surface area contributed by atoms with Gasteiger partial charge in [-0.25, -0.2) is 4.79 Å². The number of hydrogen-bond donors (Lipinski definition) is 1.